The summed E-state index contributed by atoms with van der Waals surface area (Å²) >= 11 is 1.54. The lowest BCUT2D eigenvalue weighted by atomic mass is 10.2. The number of nitrogens with zero attached hydrogens (tertiary/aromatic N) is 2. The molecule has 0 bridgehead atoms. The van der Waals surface area contributed by atoms with Gasteiger partial charge in [-0.15, -0.1) is 11.3 Å². The van der Waals surface area contributed by atoms with Crippen LogP contribution in [0.1, 0.15) is 23.2 Å². The number of morpholine rings is 1. The quantitative estimate of drug-likeness (QED) is 0.907. The Balaban J connectivity index is 1.61. The lowest BCUT2D eigenvalue weighted by molar-refractivity contribution is 0.0342. The molecule has 124 valence electrons. The molecular weight excluding hydrogens is 314 g/mol. The van der Waals surface area contributed by atoms with E-state index in [0.29, 0.717) is 17.3 Å². The van der Waals surface area contributed by atoms with Gasteiger partial charge in [0.2, 0.25) is 5.89 Å². The maximum Gasteiger partial charge on any atom is 0.273 e. The van der Waals surface area contributed by atoms with Gasteiger partial charge in [0.25, 0.3) is 5.91 Å². The van der Waals surface area contributed by atoms with Crippen LogP contribution >= 0.6 is 11.3 Å². The van der Waals surface area contributed by atoms with Gasteiger partial charge in [-0.05, 0) is 25.3 Å². The number of amides is 1. The monoisotopic (exact) mass is 335 g/mol. The zero-order chi connectivity index (χ0) is 16.2. The predicted octanol–water partition coefficient (Wildman–Crippen LogP) is 2.16. The van der Waals surface area contributed by atoms with Gasteiger partial charge in [0, 0.05) is 25.7 Å². The van der Waals surface area contributed by atoms with Crippen LogP contribution in [0.25, 0.3) is 10.8 Å². The summed E-state index contributed by atoms with van der Waals surface area (Å²) in [5, 5.41) is 4.96. The number of nitrogens with one attached hydrogen (secondary N) is 1. The molecule has 3 rings (SSSR count). The van der Waals surface area contributed by atoms with Crippen LogP contribution in [0.15, 0.2) is 21.9 Å². The fourth-order valence-electron chi connectivity index (χ4n) is 2.62. The summed E-state index contributed by atoms with van der Waals surface area (Å²) in [6.07, 6.45) is 0. The van der Waals surface area contributed by atoms with Crippen molar-refractivity contribution < 1.29 is 13.9 Å². The van der Waals surface area contributed by atoms with Crippen LogP contribution in [0.4, 0.5) is 0 Å². The van der Waals surface area contributed by atoms with Crippen LogP contribution in [-0.4, -0.2) is 54.7 Å². The number of rotatable bonds is 5. The highest BCUT2D eigenvalue weighted by Gasteiger charge is 2.21. The van der Waals surface area contributed by atoms with E-state index >= 15 is 0 Å². The third kappa shape index (κ3) is 3.99. The third-order valence-electron chi connectivity index (χ3n) is 3.76. The van der Waals surface area contributed by atoms with Gasteiger partial charge in [0.15, 0.2) is 5.69 Å². The molecule has 1 amide bonds. The molecule has 2 aromatic heterocycles. The average molecular weight is 335 g/mol. The summed E-state index contributed by atoms with van der Waals surface area (Å²) in [4.78, 5) is 20.0. The third-order valence-corrected chi connectivity index (χ3v) is 4.61. The van der Waals surface area contributed by atoms with Crippen molar-refractivity contribution in [1.82, 2.24) is 15.2 Å². The highest BCUT2D eigenvalue weighted by Crippen LogP contribution is 2.25. The van der Waals surface area contributed by atoms with Gasteiger partial charge < -0.3 is 14.5 Å². The Morgan fingerprint density at radius 1 is 1.48 bits per heavy atom. The summed E-state index contributed by atoms with van der Waals surface area (Å²) in [5.41, 5.74) is 0.363. The Kier molecular flexibility index (Phi) is 5.09. The predicted molar refractivity (Wildman–Crippen MR) is 88.7 cm³/mol. The summed E-state index contributed by atoms with van der Waals surface area (Å²) < 4.78 is 11.0. The summed E-state index contributed by atoms with van der Waals surface area (Å²) in [6.45, 7) is 7.91. The molecule has 1 N–H and O–H groups in total. The van der Waals surface area contributed by atoms with E-state index in [9.17, 15) is 4.79 Å². The van der Waals surface area contributed by atoms with Crippen molar-refractivity contribution in [2.45, 2.75) is 19.9 Å². The van der Waals surface area contributed by atoms with Gasteiger partial charge in [-0.2, -0.15) is 0 Å². The smallest absolute Gasteiger partial charge is 0.273 e. The van der Waals surface area contributed by atoms with E-state index in [1.165, 1.54) is 0 Å². The topological polar surface area (TPSA) is 67.6 Å². The van der Waals surface area contributed by atoms with Gasteiger partial charge in [0.05, 0.1) is 18.1 Å². The molecule has 3 heterocycles. The molecule has 23 heavy (non-hydrogen) atoms. The van der Waals surface area contributed by atoms with Gasteiger partial charge in [0.1, 0.15) is 5.76 Å². The molecule has 0 unspecified atom stereocenters. The molecule has 1 fully saturated rings. The molecule has 0 aliphatic carbocycles. The van der Waals surface area contributed by atoms with Gasteiger partial charge >= 0.3 is 0 Å². The zero-order valence-electron chi connectivity index (χ0n) is 13.4. The zero-order valence-corrected chi connectivity index (χ0v) is 14.2. The lowest BCUT2D eigenvalue weighted by Crippen LogP contribution is -2.46. The summed E-state index contributed by atoms with van der Waals surface area (Å²) in [6, 6.07) is 3.91. The molecule has 0 aromatic carbocycles. The fraction of sp³-hybridized carbons (Fsp3) is 0.500. The van der Waals surface area contributed by atoms with Crippen LogP contribution in [-0.2, 0) is 4.74 Å². The van der Waals surface area contributed by atoms with E-state index in [4.69, 9.17) is 9.15 Å². The number of carbonyl (C=O) groups excluding carboxylic acids is 1. The summed E-state index contributed by atoms with van der Waals surface area (Å²) in [5.74, 6) is 0.864. The van der Waals surface area contributed by atoms with Gasteiger partial charge in [-0.1, -0.05) is 6.07 Å². The van der Waals surface area contributed by atoms with Crippen LogP contribution in [0.5, 0.6) is 0 Å². The number of thiophene rings is 1. The highest BCUT2D eigenvalue weighted by molar-refractivity contribution is 7.13. The Labute approximate surface area is 139 Å². The molecule has 2 aromatic rings. The molecule has 1 aliphatic rings. The Morgan fingerprint density at radius 3 is 2.96 bits per heavy atom. The normalized spacial score (nSPS) is 17.1. The second kappa shape index (κ2) is 7.25. The minimum Gasteiger partial charge on any atom is -0.440 e. The Morgan fingerprint density at radius 2 is 2.26 bits per heavy atom. The number of hydrogen-bond acceptors (Lipinski definition) is 6. The van der Waals surface area contributed by atoms with E-state index in [-0.39, 0.29) is 11.9 Å². The number of carbonyl (C=O) groups is 1. The van der Waals surface area contributed by atoms with Crippen LogP contribution in [0.2, 0.25) is 0 Å². The number of aromatic nitrogens is 1. The Bertz CT molecular complexity index is 648. The first-order valence-electron chi connectivity index (χ1n) is 7.76. The highest BCUT2D eigenvalue weighted by atomic mass is 32.1. The first-order chi connectivity index (χ1) is 11.1. The van der Waals surface area contributed by atoms with Crippen LogP contribution in [0, 0.1) is 6.92 Å². The maximum atomic E-state index is 12.4. The van der Waals surface area contributed by atoms with Crippen molar-refractivity contribution >= 4 is 17.2 Å². The summed E-state index contributed by atoms with van der Waals surface area (Å²) in [7, 11) is 0. The SMILES string of the molecule is Cc1oc(-c2cccs2)nc1C(=O)N[C@H](C)CN1CCOCC1. The Hall–Kier alpha value is -1.70. The van der Waals surface area contributed by atoms with E-state index in [1.54, 1.807) is 18.3 Å². The molecule has 7 heteroatoms. The van der Waals surface area contributed by atoms with Gasteiger partial charge in [-0.3, -0.25) is 9.69 Å². The molecule has 0 radical (unpaired) electrons. The van der Waals surface area contributed by atoms with Crippen molar-refractivity contribution in [3.63, 3.8) is 0 Å². The van der Waals surface area contributed by atoms with Crippen molar-refractivity contribution in [2.75, 3.05) is 32.8 Å². The van der Waals surface area contributed by atoms with Crippen molar-refractivity contribution in [2.24, 2.45) is 0 Å². The van der Waals surface area contributed by atoms with Crippen molar-refractivity contribution in [1.29, 1.82) is 0 Å². The lowest BCUT2D eigenvalue weighted by Gasteiger charge is -2.29. The minimum absolute atomic E-state index is 0.0434. The number of oxazole rings is 1. The number of aryl methyl sites for hydroxylation is 1. The number of ether oxygens (including phenoxy) is 1. The van der Waals surface area contributed by atoms with Gasteiger partial charge in [-0.25, -0.2) is 4.98 Å². The van der Waals surface area contributed by atoms with Crippen LogP contribution in [0.3, 0.4) is 0 Å². The molecule has 1 atom stereocenters. The second-order valence-electron chi connectivity index (χ2n) is 5.69. The van der Waals surface area contributed by atoms with Crippen molar-refractivity contribution in [3.8, 4) is 10.8 Å². The first-order valence-corrected chi connectivity index (χ1v) is 8.63. The minimum atomic E-state index is -0.185. The molecule has 6 nitrogen and oxygen atoms in total. The standard InChI is InChI=1S/C16H21N3O3S/c1-11(10-19-5-7-21-8-6-19)17-15(20)14-12(2)22-16(18-14)13-4-3-9-23-13/h3-4,9,11H,5-8,10H2,1-2H3,(H,17,20)/t11-/m1/s1. The molecule has 0 spiro atoms. The van der Waals surface area contributed by atoms with Crippen molar-refractivity contribution in [3.05, 3.63) is 29.0 Å². The average Bonchev–Trinajstić information content (AvgIpc) is 3.17. The second-order valence-corrected chi connectivity index (χ2v) is 6.64. The van der Waals surface area contributed by atoms with E-state index in [2.05, 4.69) is 15.2 Å². The van der Waals surface area contributed by atoms with E-state index in [0.717, 1.165) is 37.7 Å². The molecule has 1 aliphatic heterocycles. The largest absolute Gasteiger partial charge is 0.440 e. The van der Waals surface area contributed by atoms with E-state index < -0.39 is 0 Å². The molecule has 1 saturated heterocycles. The van der Waals surface area contributed by atoms with E-state index in [1.807, 2.05) is 24.4 Å². The molecular formula is C16H21N3O3S. The molecule has 0 saturated carbocycles. The maximum absolute atomic E-state index is 12.4. The van der Waals surface area contributed by atoms with Crippen LogP contribution < -0.4 is 5.32 Å². The number of hydrogen-bond donors (Lipinski definition) is 1. The first kappa shape index (κ1) is 16.2. The fourth-order valence-corrected chi connectivity index (χ4v) is 3.27.